The Kier molecular flexibility index (Phi) is 2.99. The van der Waals surface area contributed by atoms with Crippen LogP contribution in [0.1, 0.15) is 17.0 Å². The maximum atomic E-state index is 5.77. The molecule has 0 bridgehead atoms. The Morgan fingerprint density at radius 1 is 1.29 bits per heavy atom. The molecule has 0 aliphatic carbocycles. The second-order valence-corrected chi connectivity index (χ2v) is 4.07. The van der Waals surface area contributed by atoms with Crippen LogP contribution in [0.5, 0.6) is 5.75 Å². The Morgan fingerprint density at radius 3 is 2.47 bits per heavy atom. The van der Waals surface area contributed by atoms with Gasteiger partial charge in [0.1, 0.15) is 18.7 Å². The van der Waals surface area contributed by atoms with E-state index in [4.69, 9.17) is 10.5 Å². The van der Waals surface area contributed by atoms with E-state index in [-0.39, 0.29) is 0 Å². The second-order valence-electron chi connectivity index (χ2n) is 4.07. The quantitative estimate of drug-likeness (QED) is 0.816. The number of hydrogen-bond donors (Lipinski definition) is 1. The highest BCUT2D eigenvalue weighted by Gasteiger charge is 2.07. The van der Waals surface area contributed by atoms with Gasteiger partial charge in [-0.05, 0) is 37.1 Å². The standard InChI is InChI=1S/C12H16N4O/c1-8-4-10(13)5-9(2)12(8)17-6-11-14-7-15-16(11)3/h4-5,7H,6,13H2,1-3H3. The van der Waals surface area contributed by atoms with E-state index in [1.54, 1.807) is 4.68 Å². The van der Waals surface area contributed by atoms with Crippen LogP contribution in [-0.4, -0.2) is 14.8 Å². The smallest absolute Gasteiger partial charge is 0.164 e. The molecule has 90 valence electrons. The zero-order valence-corrected chi connectivity index (χ0v) is 10.3. The summed E-state index contributed by atoms with van der Waals surface area (Å²) in [5.41, 5.74) is 8.58. The van der Waals surface area contributed by atoms with Crippen molar-refractivity contribution in [2.24, 2.45) is 7.05 Å². The molecule has 1 aromatic heterocycles. The number of rotatable bonds is 3. The predicted octanol–water partition coefficient (Wildman–Crippen LogP) is 1.59. The van der Waals surface area contributed by atoms with E-state index in [2.05, 4.69) is 10.1 Å². The van der Waals surface area contributed by atoms with Gasteiger partial charge in [0.15, 0.2) is 5.82 Å². The zero-order valence-electron chi connectivity index (χ0n) is 10.3. The topological polar surface area (TPSA) is 66.0 Å². The monoisotopic (exact) mass is 232 g/mol. The molecule has 0 fully saturated rings. The summed E-state index contributed by atoms with van der Waals surface area (Å²) >= 11 is 0. The number of ether oxygens (including phenoxy) is 1. The van der Waals surface area contributed by atoms with Crippen molar-refractivity contribution in [3.63, 3.8) is 0 Å². The Balaban J connectivity index is 2.17. The average Bonchev–Trinajstić information content (AvgIpc) is 2.62. The molecule has 0 radical (unpaired) electrons. The Labute approximate surface area is 100 Å². The van der Waals surface area contributed by atoms with Crippen molar-refractivity contribution < 1.29 is 4.74 Å². The third kappa shape index (κ3) is 2.38. The largest absolute Gasteiger partial charge is 0.485 e. The Bertz CT molecular complexity index is 510. The molecule has 5 nitrogen and oxygen atoms in total. The minimum absolute atomic E-state index is 0.405. The van der Waals surface area contributed by atoms with Crippen LogP contribution in [0, 0.1) is 13.8 Å². The molecule has 2 aromatic rings. The third-order valence-electron chi connectivity index (χ3n) is 2.63. The lowest BCUT2D eigenvalue weighted by Crippen LogP contribution is -2.06. The minimum Gasteiger partial charge on any atom is -0.485 e. The van der Waals surface area contributed by atoms with Crippen molar-refractivity contribution >= 4 is 5.69 Å². The number of nitrogens with two attached hydrogens (primary N) is 1. The van der Waals surface area contributed by atoms with Crippen LogP contribution in [0.25, 0.3) is 0 Å². The highest BCUT2D eigenvalue weighted by atomic mass is 16.5. The summed E-state index contributed by atoms with van der Waals surface area (Å²) in [5, 5.41) is 3.99. The lowest BCUT2D eigenvalue weighted by molar-refractivity contribution is 0.286. The van der Waals surface area contributed by atoms with Gasteiger partial charge in [-0.15, -0.1) is 0 Å². The molecule has 17 heavy (non-hydrogen) atoms. The first kappa shape index (κ1) is 11.4. The fraction of sp³-hybridized carbons (Fsp3) is 0.333. The molecular formula is C12H16N4O. The summed E-state index contributed by atoms with van der Waals surface area (Å²) in [4.78, 5) is 4.11. The third-order valence-corrected chi connectivity index (χ3v) is 2.63. The molecule has 1 heterocycles. The van der Waals surface area contributed by atoms with Crippen molar-refractivity contribution in [1.29, 1.82) is 0 Å². The molecule has 2 rings (SSSR count). The highest BCUT2D eigenvalue weighted by molar-refractivity contribution is 5.52. The number of benzene rings is 1. The number of anilines is 1. The van der Waals surface area contributed by atoms with E-state index in [0.717, 1.165) is 28.4 Å². The van der Waals surface area contributed by atoms with Crippen molar-refractivity contribution in [3.8, 4) is 5.75 Å². The van der Waals surface area contributed by atoms with Gasteiger partial charge >= 0.3 is 0 Å². The van der Waals surface area contributed by atoms with E-state index >= 15 is 0 Å². The van der Waals surface area contributed by atoms with Crippen molar-refractivity contribution in [3.05, 3.63) is 35.4 Å². The average molecular weight is 232 g/mol. The summed E-state index contributed by atoms with van der Waals surface area (Å²) in [7, 11) is 1.84. The zero-order chi connectivity index (χ0) is 12.4. The molecule has 0 aliphatic heterocycles. The normalized spacial score (nSPS) is 10.5. The van der Waals surface area contributed by atoms with E-state index in [1.807, 2.05) is 33.0 Å². The summed E-state index contributed by atoms with van der Waals surface area (Å²) < 4.78 is 7.47. The van der Waals surface area contributed by atoms with E-state index in [0.29, 0.717) is 6.61 Å². The van der Waals surface area contributed by atoms with Crippen LogP contribution in [0.4, 0.5) is 5.69 Å². The Hall–Kier alpha value is -2.04. The fourth-order valence-corrected chi connectivity index (χ4v) is 1.80. The number of aromatic nitrogens is 3. The predicted molar refractivity (Wildman–Crippen MR) is 65.7 cm³/mol. The van der Waals surface area contributed by atoms with Gasteiger partial charge in [0.25, 0.3) is 0 Å². The van der Waals surface area contributed by atoms with E-state index in [9.17, 15) is 0 Å². The molecule has 1 aromatic carbocycles. The summed E-state index contributed by atoms with van der Waals surface area (Å²) in [5.74, 6) is 1.66. The van der Waals surface area contributed by atoms with Gasteiger partial charge in [-0.1, -0.05) is 0 Å². The summed E-state index contributed by atoms with van der Waals surface area (Å²) in [6.07, 6.45) is 1.52. The van der Waals surface area contributed by atoms with Crippen LogP contribution in [0.3, 0.4) is 0 Å². The molecule has 0 unspecified atom stereocenters. The van der Waals surface area contributed by atoms with Crippen LogP contribution < -0.4 is 10.5 Å². The van der Waals surface area contributed by atoms with Gasteiger partial charge in [-0.2, -0.15) is 5.10 Å². The first-order chi connectivity index (χ1) is 8.08. The number of nitrogens with zero attached hydrogens (tertiary/aromatic N) is 3. The minimum atomic E-state index is 0.405. The Morgan fingerprint density at radius 2 is 1.94 bits per heavy atom. The van der Waals surface area contributed by atoms with Crippen LogP contribution in [0.2, 0.25) is 0 Å². The molecule has 0 aliphatic rings. The maximum Gasteiger partial charge on any atom is 0.164 e. The molecular weight excluding hydrogens is 216 g/mol. The first-order valence-electron chi connectivity index (χ1n) is 5.40. The molecule has 0 spiro atoms. The highest BCUT2D eigenvalue weighted by Crippen LogP contribution is 2.26. The molecule has 2 N–H and O–H groups in total. The molecule has 0 saturated heterocycles. The van der Waals surface area contributed by atoms with Gasteiger partial charge in [0, 0.05) is 12.7 Å². The van der Waals surface area contributed by atoms with Crippen LogP contribution in [0.15, 0.2) is 18.5 Å². The number of nitrogen functional groups attached to an aromatic ring is 1. The lowest BCUT2D eigenvalue weighted by atomic mass is 10.1. The molecule has 0 saturated carbocycles. The lowest BCUT2D eigenvalue weighted by Gasteiger charge is -2.12. The van der Waals surface area contributed by atoms with E-state index < -0.39 is 0 Å². The van der Waals surface area contributed by atoms with Gasteiger partial charge in [-0.3, -0.25) is 4.68 Å². The van der Waals surface area contributed by atoms with Gasteiger partial charge < -0.3 is 10.5 Å². The number of aryl methyl sites for hydroxylation is 3. The van der Waals surface area contributed by atoms with Crippen molar-refractivity contribution in [2.75, 3.05) is 5.73 Å². The molecule has 0 amide bonds. The summed E-state index contributed by atoms with van der Waals surface area (Å²) in [6, 6.07) is 3.80. The first-order valence-corrected chi connectivity index (χ1v) is 5.40. The SMILES string of the molecule is Cc1cc(N)cc(C)c1OCc1ncnn1C. The van der Waals surface area contributed by atoms with Gasteiger partial charge in [0.2, 0.25) is 0 Å². The van der Waals surface area contributed by atoms with Gasteiger partial charge in [-0.25, -0.2) is 4.98 Å². The van der Waals surface area contributed by atoms with Gasteiger partial charge in [0.05, 0.1) is 0 Å². The number of hydrogen-bond acceptors (Lipinski definition) is 4. The molecule has 5 heteroatoms. The summed E-state index contributed by atoms with van der Waals surface area (Å²) in [6.45, 7) is 4.37. The van der Waals surface area contributed by atoms with Crippen LogP contribution in [-0.2, 0) is 13.7 Å². The van der Waals surface area contributed by atoms with Crippen molar-refractivity contribution in [1.82, 2.24) is 14.8 Å². The molecule has 0 atom stereocenters. The van der Waals surface area contributed by atoms with Crippen LogP contribution >= 0.6 is 0 Å². The van der Waals surface area contributed by atoms with Crippen molar-refractivity contribution in [2.45, 2.75) is 20.5 Å². The van der Waals surface area contributed by atoms with E-state index in [1.165, 1.54) is 6.33 Å². The maximum absolute atomic E-state index is 5.77. The fourth-order valence-electron chi connectivity index (χ4n) is 1.80. The second kappa shape index (κ2) is 4.45.